The summed E-state index contributed by atoms with van der Waals surface area (Å²) in [5.41, 5.74) is 1.27. The third-order valence-corrected chi connectivity index (χ3v) is 4.37. The maximum atomic E-state index is 13.0. The van der Waals surface area contributed by atoms with E-state index in [1.807, 2.05) is 12.1 Å². The molecule has 2 atom stereocenters. The van der Waals surface area contributed by atoms with Crippen LogP contribution in [0.1, 0.15) is 30.7 Å². The smallest absolute Gasteiger partial charge is 0.123 e. The number of likely N-dealkylation sites (tertiary alicyclic amines) is 1. The minimum absolute atomic E-state index is 0.142. The van der Waals surface area contributed by atoms with Crippen LogP contribution in [0.5, 0.6) is 0 Å². The molecule has 1 aromatic rings. The number of hydrogen-bond donors (Lipinski definition) is 1. The van der Waals surface area contributed by atoms with Crippen LogP contribution in [0.25, 0.3) is 0 Å². The first-order valence-electron chi connectivity index (χ1n) is 7.38. The molecule has 1 saturated carbocycles. The lowest BCUT2D eigenvalue weighted by Gasteiger charge is -2.36. The SMILES string of the molecule is CN1CC(NCC2CC2)CC(c2ccc(F)cc2)C1. The third kappa shape index (κ3) is 3.54. The van der Waals surface area contributed by atoms with Gasteiger partial charge in [-0.3, -0.25) is 0 Å². The Bertz CT molecular complexity index is 413. The molecular weight excluding hydrogens is 239 g/mol. The Labute approximate surface area is 115 Å². The minimum Gasteiger partial charge on any atom is -0.312 e. The van der Waals surface area contributed by atoms with Gasteiger partial charge in [0.2, 0.25) is 0 Å². The van der Waals surface area contributed by atoms with Gasteiger partial charge in [-0.2, -0.15) is 0 Å². The summed E-state index contributed by atoms with van der Waals surface area (Å²) in [7, 11) is 2.18. The first kappa shape index (κ1) is 13.1. The van der Waals surface area contributed by atoms with E-state index in [9.17, 15) is 4.39 Å². The molecule has 2 fully saturated rings. The third-order valence-electron chi connectivity index (χ3n) is 4.37. The van der Waals surface area contributed by atoms with Crippen LogP contribution in [0.15, 0.2) is 24.3 Å². The molecule has 1 aliphatic heterocycles. The summed E-state index contributed by atoms with van der Waals surface area (Å²) < 4.78 is 13.0. The van der Waals surface area contributed by atoms with E-state index in [1.54, 1.807) is 12.1 Å². The Morgan fingerprint density at radius 3 is 2.63 bits per heavy atom. The number of likely N-dealkylation sites (N-methyl/N-ethyl adjacent to an activating group) is 1. The quantitative estimate of drug-likeness (QED) is 0.897. The number of benzene rings is 1. The summed E-state index contributed by atoms with van der Waals surface area (Å²) in [6, 6.07) is 7.62. The molecule has 1 aliphatic carbocycles. The van der Waals surface area contributed by atoms with Crippen molar-refractivity contribution in [2.45, 2.75) is 31.2 Å². The fourth-order valence-corrected chi connectivity index (χ4v) is 3.10. The number of piperidine rings is 1. The summed E-state index contributed by atoms with van der Waals surface area (Å²) >= 11 is 0. The molecule has 3 heteroatoms. The van der Waals surface area contributed by atoms with Crippen molar-refractivity contribution in [3.63, 3.8) is 0 Å². The van der Waals surface area contributed by atoms with Crippen molar-refractivity contribution in [1.82, 2.24) is 10.2 Å². The van der Waals surface area contributed by atoms with Crippen LogP contribution in [0, 0.1) is 11.7 Å². The first-order chi connectivity index (χ1) is 9.20. The zero-order valence-electron chi connectivity index (χ0n) is 11.6. The number of rotatable bonds is 4. The van der Waals surface area contributed by atoms with Gasteiger partial charge in [0, 0.05) is 19.1 Å². The van der Waals surface area contributed by atoms with E-state index in [0.717, 1.165) is 19.0 Å². The van der Waals surface area contributed by atoms with Gasteiger partial charge in [-0.05, 0) is 62.4 Å². The molecule has 2 aliphatic rings. The van der Waals surface area contributed by atoms with Crippen LogP contribution < -0.4 is 5.32 Å². The van der Waals surface area contributed by atoms with Crippen LogP contribution in [0.2, 0.25) is 0 Å². The Kier molecular flexibility index (Phi) is 3.85. The fourth-order valence-electron chi connectivity index (χ4n) is 3.10. The highest BCUT2D eigenvalue weighted by molar-refractivity contribution is 5.22. The predicted molar refractivity (Wildman–Crippen MR) is 75.8 cm³/mol. The van der Waals surface area contributed by atoms with E-state index >= 15 is 0 Å². The lowest BCUT2D eigenvalue weighted by atomic mass is 9.88. The molecule has 0 bridgehead atoms. The first-order valence-corrected chi connectivity index (χ1v) is 7.38. The van der Waals surface area contributed by atoms with E-state index < -0.39 is 0 Å². The van der Waals surface area contributed by atoms with Crippen molar-refractivity contribution in [3.05, 3.63) is 35.6 Å². The Hall–Kier alpha value is -0.930. The number of nitrogens with one attached hydrogen (secondary N) is 1. The normalized spacial score (nSPS) is 28.5. The van der Waals surface area contributed by atoms with Crippen LogP contribution >= 0.6 is 0 Å². The molecule has 104 valence electrons. The number of nitrogens with zero attached hydrogens (tertiary/aromatic N) is 1. The monoisotopic (exact) mass is 262 g/mol. The van der Waals surface area contributed by atoms with Gasteiger partial charge in [-0.25, -0.2) is 4.39 Å². The molecule has 1 heterocycles. The molecule has 1 aromatic carbocycles. The highest BCUT2D eigenvalue weighted by atomic mass is 19.1. The lowest BCUT2D eigenvalue weighted by Crippen LogP contribution is -2.47. The maximum Gasteiger partial charge on any atom is 0.123 e. The molecule has 19 heavy (non-hydrogen) atoms. The molecule has 0 radical (unpaired) electrons. The van der Waals surface area contributed by atoms with E-state index in [-0.39, 0.29) is 5.82 Å². The molecule has 0 spiro atoms. The zero-order valence-corrected chi connectivity index (χ0v) is 11.6. The number of hydrogen-bond acceptors (Lipinski definition) is 2. The van der Waals surface area contributed by atoms with E-state index in [1.165, 1.54) is 31.4 Å². The molecule has 2 nitrogen and oxygen atoms in total. The van der Waals surface area contributed by atoms with Gasteiger partial charge in [0.25, 0.3) is 0 Å². The summed E-state index contributed by atoms with van der Waals surface area (Å²) in [4.78, 5) is 2.39. The predicted octanol–water partition coefficient (Wildman–Crippen LogP) is 2.61. The lowest BCUT2D eigenvalue weighted by molar-refractivity contribution is 0.204. The van der Waals surface area contributed by atoms with Crippen molar-refractivity contribution >= 4 is 0 Å². The second kappa shape index (κ2) is 5.59. The topological polar surface area (TPSA) is 15.3 Å². The van der Waals surface area contributed by atoms with Crippen molar-refractivity contribution < 1.29 is 4.39 Å². The van der Waals surface area contributed by atoms with E-state index in [0.29, 0.717) is 12.0 Å². The van der Waals surface area contributed by atoms with Crippen LogP contribution in [-0.2, 0) is 0 Å². The van der Waals surface area contributed by atoms with Gasteiger partial charge < -0.3 is 10.2 Å². The van der Waals surface area contributed by atoms with Gasteiger partial charge in [0.15, 0.2) is 0 Å². The van der Waals surface area contributed by atoms with Crippen molar-refractivity contribution in [3.8, 4) is 0 Å². The summed E-state index contributed by atoms with van der Waals surface area (Å²) in [6.07, 6.45) is 3.97. The molecule has 0 amide bonds. The second-order valence-electron chi connectivity index (χ2n) is 6.25. The molecule has 0 aromatic heterocycles. The van der Waals surface area contributed by atoms with Crippen LogP contribution in [0.3, 0.4) is 0 Å². The van der Waals surface area contributed by atoms with Crippen molar-refractivity contribution in [1.29, 1.82) is 0 Å². The minimum atomic E-state index is -0.142. The van der Waals surface area contributed by atoms with Crippen LogP contribution in [-0.4, -0.2) is 37.6 Å². The average molecular weight is 262 g/mol. The van der Waals surface area contributed by atoms with E-state index in [4.69, 9.17) is 0 Å². The number of halogens is 1. The average Bonchev–Trinajstić information content (AvgIpc) is 3.20. The molecule has 3 rings (SSSR count). The van der Waals surface area contributed by atoms with Gasteiger partial charge in [0.05, 0.1) is 0 Å². The second-order valence-corrected chi connectivity index (χ2v) is 6.25. The fraction of sp³-hybridized carbons (Fsp3) is 0.625. The summed E-state index contributed by atoms with van der Waals surface area (Å²) in [5, 5.41) is 3.71. The molecule has 1 saturated heterocycles. The Balaban J connectivity index is 1.61. The van der Waals surface area contributed by atoms with Gasteiger partial charge in [-0.1, -0.05) is 12.1 Å². The van der Waals surface area contributed by atoms with Crippen molar-refractivity contribution in [2.24, 2.45) is 5.92 Å². The standard InChI is InChI=1S/C16H23FN2/c1-19-10-14(13-4-6-15(17)7-5-13)8-16(11-19)18-9-12-2-3-12/h4-7,12,14,16,18H,2-3,8-11H2,1H3. The zero-order chi connectivity index (χ0) is 13.2. The summed E-state index contributed by atoms with van der Waals surface area (Å²) in [6.45, 7) is 3.38. The van der Waals surface area contributed by atoms with Gasteiger partial charge in [0.1, 0.15) is 5.82 Å². The largest absolute Gasteiger partial charge is 0.312 e. The van der Waals surface area contributed by atoms with Gasteiger partial charge in [-0.15, -0.1) is 0 Å². The van der Waals surface area contributed by atoms with Crippen LogP contribution in [0.4, 0.5) is 4.39 Å². The van der Waals surface area contributed by atoms with Crippen molar-refractivity contribution in [2.75, 3.05) is 26.7 Å². The Morgan fingerprint density at radius 2 is 1.95 bits per heavy atom. The highest BCUT2D eigenvalue weighted by Gasteiger charge is 2.28. The molecular formula is C16H23FN2. The molecule has 2 unspecified atom stereocenters. The summed E-state index contributed by atoms with van der Waals surface area (Å²) in [5.74, 6) is 1.31. The van der Waals surface area contributed by atoms with E-state index in [2.05, 4.69) is 17.3 Å². The molecule has 1 N–H and O–H groups in total. The van der Waals surface area contributed by atoms with Gasteiger partial charge >= 0.3 is 0 Å². The Morgan fingerprint density at radius 1 is 1.21 bits per heavy atom. The maximum absolute atomic E-state index is 13.0. The highest BCUT2D eigenvalue weighted by Crippen LogP contribution is 2.30.